The van der Waals surface area contributed by atoms with Crippen molar-refractivity contribution in [2.24, 2.45) is 5.73 Å². The highest BCUT2D eigenvalue weighted by Gasteiger charge is 2.18. The SMILES string of the molecule is C=O.CN.Cc1cccc(-c2c(Cl)nc(NCc3ccccc3)c3c(-c4ccccc4)cccc23)c1. The molecule has 0 amide bonds. The van der Waals surface area contributed by atoms with E-state index in [2.05, 4.69) is 96.8 Å². The smallest absolute Gasteiger partial charge is 0.139 e. The summed E-state index contributed by atoms with van der Waals surface area (Å²) in [7, 11) is 1.50. The molecule has 0 aliphatic heterocycles. The first-order chi connectivity index (χ1) is 17.7. The van der Waals surface area contributed by atoms with Crippen molar-refractivity contribution >= 4 is 35.0 Å². The molecule has 5 rings (SSSR count). The van der Waals surface area contributed by atoms with Crippen LogP contribution in [0.3, 0.4) is 0 Å². The Morgan fingerprint density at radius 2 is 1.42 bits per heavy atom. The number of halogens is 1. The van der Waals surface area contributed by atoms with E-state index in [1.165, 1.54) is 18.2 Å². The monoisotopic (exact) mass is 495 g/mol. The van der Waals surface area contributed by atoms with Crippen LogP contribution in [0.15, 0.2) is 103 Å². The molecule has 5 heteroatoms. The van der Waals surface area contributed by atoms with Gasteiger partial charge in [-0.2, -0.15) is 0 Å². The van der Waals surface area contributed by atoms with Crippen molar-refractivity contribution in [3.63, 3.8) is 0 Å². The number of benzene rings is 4. The molecule has 0 aliphatic rings. The van der Waals surface area contributed by atoms with Crippen LogP contribution in [0.25, 0.3) is 33.0 Å². The Kier molecular flexibility index (Phi) is 9.75. The lowest BCUT2D eigenvalue weighted by Crippen LogP contribution is -2.04. The molecule has 182 valence electrons. The van der Waals surface area contributed by atoms with Crippen molar-refractivity contribution in [2.45, 2.75) is 13.5 Å². The van der Waals surface area contributed by atoms with E-state index in [4.69, 9.17) is 21.4 Å². The molecule has 0 atom stereocenters. The van der Waals surface area contributed by atoms with Gasteiger partial charge < -0.3 is 15.8 Å². The molecule has 1 heterocycles. The van der Waals surface area contributed by atoms with Crippen LogP contribution in [-0.2, 0) is 11.3 Å². The van der Waals surface area contributed by atoms with E-state index in [-0.39, 0.29) is 0 Å². The van der Waals surface area contributed by atoms with E-state index in [1.54, 1.807) is 0 Å². The summed E-state index contributed by atoms with van der Waals surface area (Å²) in [6.07, 6.45) is 0. The van der Waals surface area contributed by atoms with Crippen molar-refractivity contribution in [1.29, 1.82) is 0 Å². The van der Waals surface area contributed by atoms with Crippen molar-refractivity contribution in [2.75, 3.05) is 12.4 Å². The van der Waals surface area contributed by atoms with Gasteiger partial charge in [0.2, 0.25) is 0 Å². The summed E-state index contributed by atoms with van der Waals surface area (Å²) in [6, 6.07) is 35.6. The Balaban J connectivity index is 0.000000861. The van der Waals surface area contributed by atoms with Crippen LogP contribution in [-0.4, -0.2) is 18.8 Å². The Bertz CT molecular complexity index is 1410. The molecular formula is C31H30ClN3O. The molecule has 0 saturated heterocycles. The number of aromatic nitrogens is 1. The quantitative estimate of drug-likeness (QED) is 0.247. The largest absolute Gasteiger partial charge is 0.365 e. The predicted octanol–water partition coefficient (Wildman–Crippen LogP) is 7.53. The molecule has 0 fully saturated rings. The maximum absolute atomic E-state index is 8.00. The van der Waals surface area contributed by atoms with Crippen LogP contribution in [0.5, 0.6) is 0 Å². The van der Waals surface area contributed by atoms with Crippen molar-refractivity contribution in [3.05, 3.63) is 119 Å². The number of fused-ring (bicyclic) bond motifs is 1. The maximum Gasteiger partial charge on any atom is 0.139 e. The minimum Gasteiger partial charge on any atom is -0.365 e. The Labute approximate surface area is 217 Å². The van der Waals surface area contributed by atoms with Gasteiger partial charge in [-0.15, -0.1) is 0 Å². The number of nitrogens with zero attached hydrogens (tertiary/aromatic N) is 1. The highest BCUT2D eigenvalue weighted by molar-refractivity contribution is 6.34. The molecule has 0 spiro atoms. The number of nitrogens with two attached hydrogens (primary N) is 1. The molecule has 3 N–H and O–H groups in total. The van der Waals surface area contributed by atoms with Gasteiger partial charge in [0.05, 0.1) is 0 Å². The maximum atomic E-state index is 8.00. The molecule has 5 aromatic rings. The van der Waals surface area contributed by atoms with Crippen LogP contribution in [0.1, 0.15) is 11.1 Å². The molecule has 0 unspecified atom stereocenters. The van der Waals surface area contributed by atoms with Crippen LogP contribution >= 0.6 is 11.6 Å². The highest BCUT2D eigenvalue weighted by Crippen LogP contribution is 2.41. The summed E-state index contributed by atoms with van der Waals surface area (Å²) < 4.78 is 0. The van der Waals surface area contributed by atoms with E-state index in [9.17, 15) is 0 Å². The second-order valence-electron chi connectivity index (χ2n) is 7.93. The molecular weight excluding hydrogens is 466 g/mol. The van der Waals surface area contributed by atoms with Gasteiger partial charge in [-0.1, -0.05) is 120 Å². The third kappa shape index (κ3) is 5.98. The summed E-state index contributed by atoms with van der Waals surface area (Å²) in [5.41, 5.74) is 11.2. The van der Waals surface area contributed by atoms with E-state index < -0.39 is 0 Å². The lowest BCUT2D eigenvalue weighted by Gasteiger charge is -2.18. The van der Waals surface area contributed by atoms with E-state index in [0.29, 0.717) is 11.7 Å². The number of rotatable bonds is 5. The molecule has 0 aliphatic carbocycles. The zero-order chi connectivity index (χ0) is 25.9. The fraction of sp³-hybridized carbons (Fsp3) is 0.0968. The summed E-state index contributed by atoms with van der Waals surface area (Å²) in [6.45, 7) is 4.77. The first-order valence-electron chi connectivity index (χ1n) is 11.6. The second kappa shape index (κ2) is 13.2. The highest BCUT2D eigenvalue weighted by atomic mass is 35.5. The number of hydrogen-bond donors (Lipinski definition) is 2. The number of pyridine rings is 1. The average Bonchev–Trinajstić information content (AvgIpc) is 2.94. The summed E-state index contributed by atoms with van der Waals surface area (Å²) >= 11 is 6.82. The normalized spacial score (nSPS) is 10.0. The van der Waals surface area contributed by atoms with E-state index in [0.717, 1.165) is 38.8 Å². The lowest BCUT2D eigenvalue weighted by molar-refractivity contribution is -0.0979. The van der Waals surface area contributed by atoms with Gasteiger partial charge in [0.15, 0.2) is 0 Å². The fourth-order valence-corrected chi connectivity index (χ4v) is 4.48. The van der Waals surface area contributed by atoms with Gasteiger partial charge in [-0.05, 0) is 41.6 Å². The van der Waals surface area contributed by atoms with Crippen molar-refractivity contribution in [3.8, 4) is 22.3 Å². The Hall–Kier alpha value is -3.99. The van der Waals surface area contributed by atoms with Crippen LogP contribution < -0.4 is 11.1 Å². The number of aryl methyl sites for hydroxylation is 1. The molecule has 0 radical (unpaired) electrons. The zero-order valence-corrected chi connectivity index (χ0v) is 21.3. The van der Waals surface area contributed by atoms with Gasteiger partial charge in [-0.25, -0.2) is 4.98 Å². The van der Waals surface area contributed by atoms with Gasteiger partial charge in [-0.3, -0.25) is 0 Å². The minimum atomic E-state index is 0.504. The third-order valence-electron chi connectivity index (χ3n) is 5.68. The Morgan fingerprint density at radius 1 is 0.806 bits per heavy atom. The van der Waals surface area contributed by atoms with Gasteiger partial charge in [0.1, 0.15) is 17.8 Å². The van der Waals surface area contributed by atoms with Gasteiger partial charge >= 0.3 is 0 Å². The third-order valence-corrected chi connectivity index (χ3v) is 5.95. The fourth-order valence-electron chi connectivity index (χ4n) is 4.18. The standard InChI is InChI=1S/C29H23ClN2.CH5N.CH2O/c1-20-10-8-15-23(18-20)26-25-17-9-16-24(22-13-6-3-7-14-22)27(25)29(32-28(26)30)31-19-21-11-4-2-5-12-21;2*1-2/h2-18H,19H2,1H3,(H,31,32);2H2,1H3;1H2. The summed E-state index contributed by atoms with van der Waals surface area (Å²) in [5, 5.41) is 6.22. The summed E-state index contributed by atoms with van der Waals surface area (Å²) in [5.74, 6) is 0.796. The number of anilines is 1. The average molecular weight is 496 g/mol. The molecule has 0 bridgehead atoms. The molecule has 4 nitrogen and oxygen atoms in total. The molecule has 4 aromatic carbocycles. The molecule has 0 saturated carbocycles. The van der Waals surface area contributed by atoms with Gasteiger partial charge in [0.25, 0.3) is 0 Å². The molecule has 36 heavy (non-hydrogen) atoms. The minimum absolute atomic E-state index is 0.504. The van der Waals surface area contributed by atoms with Gasteiger partial charge in [0, 0.05) is 17.5 Å². The van der Waals surface area contributed by atoms with Crippen LogP contribution in [0.2, 0.25) is 5.15 Å². The number of nitrogens with one attached hydrogen (secondary N) is 1. The predicted molar refractivity (Wildman–Crippen MR) is 153 cm³/mol. The first-order valence-corrected chi connectivity index (χ1v) is 12.0. The summed E-state index contributed by atoms with van der Waals surface area (Å²) in [4.78, 5) is 12.9. The number of hydrogen-bond acceptors (Lipinski definition) is 4. The second-order valence-corrected chi connectivity index (χ2v) is 8.29. The van der Waals surface area contributed by atoms with Crippen molar-refractivity contribution in [1.82, 2.24) is 4.98 Å². The van der Waals surface area contributed by atoms with Crippen molar-refractivity contribution < 1.29 is 4.79 Å². The number of carbonyl (C=O) groups excluding carboxylic acids is 1. The van der Waals surface area contributed by atoms with Crippen LogP contribution in [0, 0.1) is 6.92 Å². The zero-order valence-electron chi connectivity index (χ0n) is 20.5. The van der Waals surface area contributed by atoms with E-state index in [1.807, 2.05) is 31.1 Å². The Morgan fingerprint density at radius 3 is 2.08 bits per heavy atom. The lowest BCUT2D eigenvalue weighted by atomic mass is 9.93. The molecule has 1 aromatic heterocycles. The van der Waals surface area contributed by atoms with E-state index >= 15 is 0 Å². The number of carbonyl (C=O) groups is 1. The topological polar surface area (TPSA) is 68.0 Å². The van der Waals surface area contributed by atoms with Crippen LogP contribution in [0.4, 0.5) is 5.82 Å². The first kappa shape index (κ1) is 26.6.